The zero-order valence-corrected chi connectivity index (χ0v) is 14.3. The predicted octanol–water partition coefficient (Wildman–Crippen LogP) is 3.97. The van der Waals surface area contributed by atoms with E-state index in [0.717, 1.165) is 0 Å². The van der Waals surface area contributed by atoms with Gasteiger partial charge in [0.1, 0.15) is 0 Å². The van der Waals surface area contributed by atoms with Gasteiger partial charge in [-0.05, 0) is 24.3 Å². The molecule has 2 aromatic rings. The van der Waals surface area contributed by atoms with Crippen molar-refractivity contribution in [1.82, 2.24) is 0 Å². The lowest BCUT2D eigenvalue weighted by atomic mass is 9.93. The highest BCUT2D eigenvalue weighted by atomic mass is 35.5. The van der Waals surface area contributed by atoms with Gasteiger partial charge in [0.25, 0.3) is 11.6 Å². The molecule has 2 N–H and O–H groups in total. The number of aliphatic hydroxyl groups is 1. The molecule has 0 aliphatic carbocycles. The molecule has 0 aromatic heterocycles. The second kappa shape index (κ2) is 7.36. The minimum atomic E-state index is -2.29. The second-order valence-corrected chi connectivity index (χ2v) is 5.93. The lowest BCUT2D eigenvalue weighted by Crippen LogP contribution is -2.42. The summed E-state index contributed by atoms with van der Waals surface area (Å²) in [6, 6.07) is 9.66. The number of nitrogens with zero attached hydrogens (tertiary/aromatic N) is 1. The van der Waals surface area contributed by atoms with Crippen molar-refractivity contribution in [1.29, 1.82) is 0 Å². The molecule has 24 heavy (non-hydrogen) atoms. The molecule has 0 heterocycles. The van der Waals surface area contributed by atoms with Crippen LogP contribution in [-0.2, 0) is 10.4 Å². The molecule has 2 aromatic carbocycles. The molecule has 0 aliphatic heterocycles. The van der Waals surface area contributed by atoms with Gasteiger partial charge in [-0.2, -0.15) is 0 Å². The molecule has 9 heteroatoms. The van der Waals surface area contributed by atoms with E-state index in [2.05, 4.69) is 5.32 Å². The van der Waals surface area contributed by atoms with Crippen molar-refractivity contribution in [2.45, 2.75) is 5.60 Å². The van der Waals surface area contributed by atoms with Crippen molar-refractivity contribution in [2.24, 2.45) is 0 Å². The van der Waals surface area contributed by atoms with E-state index in [9.17, 15) is 20.0 Å². The molecule has 0 radical (unpaired) electrons. The number of hydrogen-bond donors (Lipinski definition) is 2. The third-order valence-electron chi connectivity index (χ3n) is 3.29. The molecule has 126 valence electrons. The molecule has 0 saturated heterocycles. The predicted molar refractivity (Wildman–Crippen MR) is 92.8 cm³/mol. The molecule has 6 nitrogen and oxygen atoms in total. The maximum absolute atomic E-state index is 12.5. The average Bonchev–Trinajstić information content (AvgIpc) is 2.57. The van der Waals surface area contributed by atoms with E-state index in [4.69, 9.17) is 34.8 Å². The first-order valence-corrected chi connectivity index (χ1v) is 7.87. The number of halogens is 3. The summed E-state index contributed by atoms with van der Waals surface area (Å²) in [7, 11) is 0. The van der Waals surface area contributed by atoms with Crippen molar-refractivity contribution in [3.63, 3.8) is 0 Å². The summed E-state index contributed by atoms with van der Waals surface area (Å²) in [4.78, 5) is 22.9. The van der Waals surface area contributed by atoms with Gasteiger partial charge < -0.3 is 10.4 Å². The van der Waals surface area contributed by atoms with Crippen molar-refractivity contribution in [3.8, 4) is 0 Å². The lowest BCUT2D eigenvalue weighted by Gasteiger charge is -2.24. The topological polar surface area (TPSA) is 92.5 Å². The van der Waals surface area contributed by atoms with Gasteiger partial charge in [-0.25, -0.2) is 0 Å². The maximum atomic E-state index is 12.5. The number of rotatable bonds is 5. The summed E-state index contributed by atoms with van der Waals surface area (Å²) < 4.78 is 0. The van der Waals surface area contributed by atoms with Crippen LogP contribution < -0.4 is 5.32 Å². The van der Waals surface area contributed by atoms with Gasteiger partial charge >= 0.3 is 0 Å². The first kappa shape index (κ1) is 18.5. The Bertz CT molecular complexity index is 800. The van der Waals surface area contributed by atoms with Crippen LogP contribution >= 0.6 is 34.8 Å². The molecule has 0 saturated carbocycles. The average molecular weight is 390 g/mol. The van der Waals surface area contributed by atoms with Gasteiger partial charge in [-0.15, -0.1) is 11.6 Å². The molecule has 1 unspecified atom stereocenters. The monoisotopic (exact) mass is 388 g/mol. The maximum Gasteiger partial charge on any atom is 0.276 e. The van der Waals surface area contributed by atoms with Gasteiger partial charge in [0.15, 0.2) is 5.60 Å². The fourth-order valence-electron chi connectivity index (χ4n) is 2.05. The number of para-hydroxylation sites is 1. The highest BCUT2D eigenvalue weighted by Gasteiger charge is 2.42. The molecule has 0 fully saturated rings. The van der Waals surface area contributed by atoms with Gasteiger partial charge in [0.2, 0.25) is 0 Å². The Hall–Kier alpha value is -1.86. The molecular formula is C15H11Cl3N2O4. The van der Waals surface area contributed by atoms with Crippen molar-refractivity contribution >= 4 is 52.1 Å². The lowest BCUT2D eigenvalue weighted by molar-refractivity contribution is -0.386. The fraction of sp³-hybridized carbons (Fsp3) is 0.133. The van der Waals surface area contributed by atoms with Crippen LogP contribution in [0, 0.1) is 10.1 Å². The van der Waals surface area contributed by atoms with Crippen LogP contribution in [0.25, 0.3) is 0 Å². The first-order valence-electron chi connectivity index (χ1n) is 6.58. The highest BCUT2D eigenvalue weighted by Crippen LogP contribution is 2.33. The van der Waals surface area contributed by atoms with E-state index in [0.29, 0.717) is 5.02 Å². The molecule has 1 atom stereocenters. The van der Waals surface area contributed by atoms with Crippen LogP contribution in [0.2, 0.25) is 10.0 Å². The molecule has 0 spiro atoms. The number of benzene rings is 2. The molecule has 0 bridgehead atoms. The van der Waals surface area contributed by atoms with Crippen LogP contribution in [0.4, 0.5) is 11.4 Å². The van der Waals surface area contributed by atoms with Crippen LogP contribution in [0.15, 0.2) is 42.5 Å². The Labute approximate surface area is 152 Å². The minimum absolute atomic E-state index is 0.203. The summed E-state index contributed by atoms with van der Waals surface area (Å²) in [6.07, 6.45) is 0. The number of hydrogen-bond acceptors (Lipinski definition) is 4. The largest absolute Gasteiger partial charge is 0.374 e. The quantitative estimate of drug-likeness (QED) is 0.460. The highest BCUT2D eigenvalue weighted by molar-refractivity contribution is 6.42. The number of anilines is 1. The van der Waals surface area contributed by atoms with E-state index in [1.54, 1.807) is 0 Å². The van der Waals surface area contributed by atoms with E-state index < -0.39 is 28.0 Å². The van der Waals surface area contributed by atoms with Crippen molar-refractivity contribution in [3.05, 3.63) is 68.2 Å². The van der Waals surface area contributed by atoms with Crippen molar-refractivity contribution < 1.29 is 14.8 Å². The number of nitro groups is 1. The number of amides is 1. The molecule has 2 rings (SSSR count). The third-order valence-corrected chi connectivity index (χ3v) is 4.42. The summed E-state index contributed by atoms with van der Waals surface area (Å²) >= 11 is 17.4. The zero-order valence-electron chi connectivity index (χ0n) is 12.0. The Morgan fingerprint density at radius 3 is 2.46 bits per heavy atom. The van der Waals surface area contributed by atoms with Crippen LogP contribution in [-0.4, -0.2) is 21.8 Å². The SMILES string of the molecule is O=C(Nc1ccc(Cl)c(Cl)c1)C(O)(CCl)c1ccccc1[N+](=O)[O-]. The number of nitrogens with one attached hydrogen (secondary N) is 1. The summed E-state index contributed by atoms with van der Waals surface area (Å²) in [6.45, 7) is 0. The van der Waals surface area contributed by atoms with Crippen LogP contribution in [0.1, 0.15) is 5.56 Å². The van der Waals surface area contributed by atoms with E-state index in [-0.39, 0.29) is 16.3 Å². The molecule has 1 amide bonds. The molecule has 0 aliphatic rings. The fourth-order valence-corrected chi connectivity index (χ4v) is 2.61. The summed E-state index contributed by atoms with van der Waals surface area (Å²) in [5.74, 6) is -1.50. The standard InChI is InChI=1S/C15H11Cl3N2O4/c16-8-15(22,10-3-1-2-4-13(10)20(23)24)14(21)19-9-5-6-11(17)12(18)7-9/h1-7,22H,8H2,(H,19,21). The van der Waals surface area contributed by atoms with E-state index in [1.807, 2.05) is 0 Å². The van der Waals surface area contributed by atoms with Crippen molar-refractivity contribution in [2.75, 3.05) is 11.2 Å². The van der Waals surface area contributed by atoms with Crippen LogP contribution in [0.3, 0.4) is 0 Å². The number of carbonyl (C=O) groups is 1. The first-order chi connectivity index (χ1) is 11.3. The molecular weight excluding hydrogens is 379 g/mol. The Kier molecular flexibility index (Phi) is 5.66. The number of nitro benzene ring substituents is 1. The van der Waals surface area contributed by atoms with Gasteiger partial charge in [0.05, 0.1) is 26.4 Å². The Morgan fingerprint density at radius 1 is 1.21 bits per heavy atom. The van der Waals surface area contributed by atoms with E-state index >= 15 is 0 Å². The van der Waals surface area contributed by atoms with Gasteiger partial charge in [0, 0.05) is 11.8 Å². The Morgan fingerprint density at radius 2 is 1.88 bits per heavy atom. The van der Waals surface area contributed by atoms with Gasteiger partial charge in [-0.1, -0.05) is 35.3 Å². The Balaban J connectivity index is 2.40. The smallest absolute Gasteiger partial charge is 0.276 e. The zero-order chi connectivity index (χ0) is 17.9. The normalized spacial score (nSPS) is 13.2. The summed E-state index contributed by atoms with van der Waals surface area (Å²) in [5, 5.41) is 24.7. The number of carbonyl (C=O) groups excluding carboxylic acids is 1. The third kappa shape index (κ3) is 3.62. The van der Waals surface area contributed by atoms with Gasteiger partial charge in [-0.3, -0.25) is 14.9 Å². The number of alkyl halides is 1. The van der Waals surface area contributed by atoms with E-state index in [1.165, 1.54) is 42.5 Å². The second-order valence-electron chi connectivity index (χ2n) is 4.85. The minimum Gasteiger partial charge on any atom is -0.374 e. The van der Waals surface area contributed by atoms with Crippen LogP contribution in [0.5, 0.6) is 0 Å². The summed E-state index contributed by atoms with van der Waals surface area (Å²) in [5.41, 5.74) is -2.65.